The van der Waals surface area contributed by atoms with Crippen LogP contribution in [0, 0.1) is 11.8 Å². The topological polar surface area (TPSA) is 38.0 Å². The van der Waals surface area contributed by atoms with Crippen molar-refractivity contribution in [1.29, 1.82) is 0 Å². The second-order valence-electron chi connectivity index (χ2n) is 4.13. The van der Waals surface area contributed by atoms with E-state index in [0.29, 0.717) is 5.92 Å². The van der Waals surface area contributed by atoms with Crippen molar-refractivity contribution in [1.82, 2.24) is 5.32 Å². The normalized spacial score (nSPS) is 19.5. The highest BCUT2D eigenvalue weighted by atomic mass is 14.9. The highest BCUT2D eigenvalue weighted by molar-refractivity contribution is 4.75. The molecule has 72 valence electrons. The van der Waals surface area contributed by atoms with Crippen LogP contribution in [0.15, 0.2) is 0 Å². The van der Waals surface area contributed by atoms with Crippen LogP contribution < -0.4 is 11.1 Å². The third-order valence-electron chi connectivity index (χ3n) is 2.58. The van der Waals surface area contributed by atoms with Crippen molar-refractivity contribution in [3.8, 4) is 0 Å². The standard InChI is InChI=1S/C10H22N2/c1-9(7-11)3-2-6-12-8-10-4-5-10/h9-10,12H,2-8,11H2,1H3. The summed E-state index contributed by atoms with van der Waals surface area (Å²) in [5.41, 5.74) is 5.52. The maximum absolute atomic E-state index is 5.52. The summed E-state index contributed by atoms with van der Waals surface area (Å²) in [6.07, 6.45) is 5.46. The number of hydrogen-bond donors (Lipinski definition) is 2. The fourth-order valence-corrected chi connectivity index (χ4v) is 1.32. The van der Waals surface area contributed by atoms with E-state index in [0.717, 1.165) is 12.5 Å². The number of nitrogens with one attached hydrogen (secondary N) is 1. The molecule has 0 aromatic rings. The molecule has 3 N–H and O–H groups in total. The Balaban J connectivity index is 1.75. The lowest BCUT2D eigenvalue weighted by atomic mass is 10.1. The first kappa shape index (κ1) is 10.0. The fourth-order valence-electron chi connectivity index (χ4n) is 1.32. The average molecular weight is 170 g/mol. The van der Waals surface area contributed by atoms with Crippen LogP contribution in [0.3, 0.4) is 0 Å². The first-order chi connectivity index (χ1) is 5.83. The second kappa shape index (κ2) is 5.55. The molecule has 0 heterocycles. The van der Waals surface area contributed by atoms with Crippen LogP contribution in [-0.2, 0) is 0 Å². The van der Waals surface area contributed by atoms with E-state index in [9.17, 15) is 0 Å². The quantitative estimate of drug-likeness (QED) is 0.566. The smallest absolute Gasteiger partial charge is 0.00205 e. The average Bonchev–Trinajstić information content (AvgIpc) is 2.87. The van der Waals surface area contributed by atoms with Crippen LogP contribution in [0.5, 0.6) is 0 Å². The van der Waals surface area contributed by atoms with Crippen molar-refractivity contribution >= 4 is 0 Å². The fraction of sp³-hybridized carbons (Fsp3) is 1.00. The molecule has 0 saturated heterocycles. The highest BCUT2D eigenvalue weighted by Crippen LogP contribution is 2.27. The van der Waals surface area contributed by atoms with Gasteiger partial charge in [0.25, 0.3) is 0 Å². The first-order valence-corrected chi connectivity index (χ1v) is 5.23. The maximum atomic E-state index is 5.52. The van der Waals surface area contributed by atoms with Crippen LogP contribution in [0.1, 0.15) is 32.6 Å². The summed E-state index contributed by atoms with van der Waals surface area (Å²) in [7, 11) is 0. The van der Waals surface area contributed by atoms with Crippen molar-refractivity contribution in [2.24, 2.45) is 17.6 Å². The number of rotatable bonds is 7. The van der Waals surface area contributed by atoms with E-state index in [2.05, 4.69) is 12.2 Å². The lowest BCUT2D eigenvalue weighted by Gasteiger charge is -2.08. The molecular formula is C10H22N2. The van der Waals surface area contributed by atoms with Gasteiger partial charge in [-0.15, -0.1) is 0 Å². The number of hydrogen-bond acceptors (Lipinski definition) is 2. The summed E-state index contributed by atoms with van der Waals surface area (Å²) in [6, 6.07) is 0. The molecule has 1 unspecified atom stereocenters. The molecule has 1 fully saturated rings. The summed E-state index contributed by atoms with van der Waals surface area (Å²) in [4.78, 5) is 0. The Hall–Kier alpha value is -0.0800. The SMILES string of the molecule is CC(CN)CCCNCC1CC1. The molecule has 12 heavy (non-hydrogen) atoms. The zero-order valence-corrected chi connectivity index (χ0v) is 8.18. The van der Waals surface area contributed by atoms with Gasteiger partial charge in [0.2, 0.25) is 0 Å². The van der Waals surface area contributed by atoms with Gasteiger partial charge in [-0.1, -0.05) is 6.92 Å². The molecule has 1 rings (SSSR count). The predicted octanol–water partition coefficient (Wildman–Crippen LogP) is 1.36. The molecule has 0 aromatic carbocycles. The van der Waals surface area contributed by atoms with Gasteiger partial charge >= 0.3 is 0 Å². The van der Waals surface area contributed by atoms with Crippen LogP contribution in [0.2, 0.25) is 0 Å². The van der Waals surface area contributed by atoms with E-state index >= 15 is 0 Å². The van der Waals surface area contributed by atoms with Crippen LogP contribution in [0.25, 0.3) is 0 Å². The lowest BCUT2D eigenvalue weighted by Crippen LogP contribution is -2.19. The summed E-state index contributed by atoms with van der Waals surface area (Å²) in [6.45, 7) is 5.49. The molecule has 0 radical (unpaired) electrons. The van der Waals surface area contributed by atoms with Crippen LogP contribution in [-0.4, -0.2) is 19.6 Å². The van der Waals surface area contributed by atoms with Crippen molar-refractivity contribution in [3.05, 3.63) is 0 Å². The minimum absolute atomic E-state index is 0.702. The largest absolute Gasteiger partial charge is 0.330 e. The highest BCUT2D eigenvalue weighted by Gasteiger charge is 2.19. The molecule has 1 saturated carbocycles. The Bertz CT molecular complexity index is 110. The predicted molar refractivity (Wildman–Crippen MR) is 53.0 cm³/mol. The third-order valence-corrected chi connectivity index (χ3v) is 2.58. The van der Waals surface area contributed by atoms with E-state index in [1.54, 1.807) is 0 Å². The van der Waals surface area contributed by atoms with Gasteiger partial charge in [-0.25, -0.2) is 0 Å². The molecule has 0 bridgehead atoms. The summed E-state index contributed by atoms with van der Waals surface area (Å²) < 4.78 is 0. The Morgan fingerprint density at radius 1 is 1.50 bits per heavy atom. The number of nitrogens with two attached hydrogens (primary N) is 1. The van der Waals surface area contributed by atoms with E-state index in [1.807, 2.05) is 0 Å². The molecule has 2 nitrogen and oxygen atoms in total. The van der Waals surface area contributed by atoms with Gasteiger partial charge in [0, 0.05) is 0 Å². The van der Waals surface area contributed by atoms with Gasteiger partial charge in [0.1, 0.15) is 0 Å². The lowest BCUT2D eigenvalue weighted by molar-refractivity contribution is 0.497. The van der Waals surface area contributed by atoms with Crippen LogP contribution in [0.4, 0.5) is 0 Å². The van der Waals surface area contributed by atoms with Crippen molar-refractivity contribution < 1.29 is 0 Å². The third kappa shape index (κ3) is 4.73. The van der Waals surface area contributed by atoms with Gasteiger partial charge in [-0.2, -0.15) is 0 Å². The Morgan fingerprint density at radius 3 is 2.83 bits per heavy atom. The Morgan fingerprint density at radius 2 is 2.25 bits per heavy atom. The molecule has 1 atom stereocenters. The maximum Gasteiger partial charge on any atom is -0.00205 e. The molecule has 0 aliphatic heterocycles. The zero-order chi connectivity index (χ0) is 8.81. The van der Waals surface area contributed by atoms with Crippen molar-refractivity contribution in [3.63, 3.8) is 0 Å². The summed E-state index contributed by atoms with van der Waals surface area (Å²) in [5, 5.41) is 3.49. The first-order valence-electron chi connectivity index (χ1n) is 5.23. The van der Waals surface area contributed by atoms with E-state index in [4.69, 9.17) is 5.73 Å². The molecule has 1 aliphatic carbocycles. The van der Waals surface area contributed by atoms with Crippen molar-refractivity contribution in [2.45, 2.75) is 32.6 Å². The Labute approximate surface area is 75.9 Å². The molecule has 0 aromatic heterocycles. The second-order valence-corrected chi connectivity index (χ2v) is 4.13. The van der Waals surface area contributed by atoms with E-state index in [-0.39, 0.29) is 0 Å². The summed E-state index contributed by atoms with van der Waals surface area (Å²) >= 11 is 0. The molecule has 0 amide bonds. The van der Waals surface area contributed by atoms with E-state index in [1.165, 1.54) is 38.8 Å². The van der Waals surface area contributed by atoms with Gasteiger partial charge in [-0.3, -0.25) is 0 Å². The van der Waals surface area contributed by atoms with Crippen LogP contribution >= 0.6 is 0 Å². The minimum Gasteiger partial charge on any atom is -0.330 e. The molecule has 2 heteroatoms. The Kier molecular flexibility index (Phi) is 4.62. The molecule has 1 aliphatic rings. The van der Waals surface area contributed by atoms with Gasteiger partial charge in [0.15, 0.2) is 0 Å². The zero-order valence-electron chi connectivity index (χ0n) is 8.18. The minimum atomic E-state index is 0.702. The summed E-state index contributed by atoms with van der Waals surface area (Å²) in [5.74, 6) is 1.71. The molecular weight excluding hydrogens is 148 g/mol. The van der Waals surface area contributed by atoms with Gasteiger partial charge < -0.3 is 11.1 Å². The van der Waals surface area contributed by atoms with E-state index < -0.39 is 0 Å². The monoisotopic (exact) mass is 170 g/mol. The molecule has 0 spiro atoms. The van der Waals surface area contributed by atoms with Gasteiger partial charge in [0.05, 0.1) is 0 Å². The van der Waals surface area contributed by atoms with Gasteiger partial charge in [-0.05, 0) is 57.2 Å². The van der Waals surface area contributed by atoms with Crippen molar-refractivity contribution in [2.75, 3.05) is 19.6 Å².